The number of carbonyl (C=O) groups excluding carboxylic acids is 1. The van der Waals surface area contributed by atoms with Gasteiger partial charge in [-0.1, -0.05) is 12.1 Å². The Morgan fingerprint density at radius 2 is 1.76 bits per heavy atom. The van der Waals surface area contributed by atoms with Crippen LogP contribution in [0.5, 0.6) is 0 Å². The van der Waals surface area contributed by atoms with E-state index in [1.165, 1.54) is 42.9 Å². The molecular weight excluding hydrogens is 314 g/mol. The standard InChI is InChI=1S/C20H23N3O2/c24-18(11-23-17-4-2-1-3-16(17)21-10-19(23)25)22-20-14-6-12-5-13(8-14)9-15(20)7-12/h1-4,10,12-15,20H,5-9,11H2,(H,22,24). The van der Waals surface area contributed by atoms with Crippen molar-refractivity contribution < 1.29 is 4.79 Å². The largest absolute Gasteiger partial charge is 0.351 e. The van der Waals surface area contributed by atoms with E-state index in [0.717, 1.165) is 22.9 Å². The van der Waals surface area contributed by atoms with E-state index in [9.17, 15) is 9.59 Å². The van der Waals surface area contributed by atoms with E-state index in [2.05, 4.69) is 10.3 Å². The number of aromatic nitrogens is 2. The summed E-state index contributed by atoms with van der Waals surface area (Å²) in [6, 6.07) is 7.78. The molecule has 0 aliphatic heterocycles. The van der Waals surface area contributed by atoms with Crippen LogP contribution in [0.1, 0.15) is 32.1 Å². The smallest absolute Gasteiger partial charge is 0.269 e. The van der Waals surface area contributed by atoms with E-state index < -0.39 is 0 Å². The molecule has 1 aromatic carbocycles. The molecule has 4 aliphatic rings. The van der Waals surface area contributed by atoms with Gasteiger partial charge in [0.25, 0.3) is 5.56 Å². The molecule has 5 heteroatoms. The monoisotopic (exact) mass is 337 g/mol. The number of hydrogen-bond acceptors (Lipinski definition) is 3. The summed E-state index contributed by atoms with van der Waals surface area (Å²) in [5, 5.41) is 3.28. The second-order valence-electron chi connectivity index (χ2n) is 8.20. The average Bonchev–Trinajstić information content (AvgIpc) is 2.60. The molecule has 4 fully saturated rings. The summed E-state index contributed by atoms with van der Waals surface area (Å²) in [5.74, 6) is 3.03. The fraction of sp³-hybridized carbons (Fsp3) is 0.550. The Kier molecular flexibility index (Phi) is 3.43. The van der Waals surface area contributed by atoms with Crippen LogP contribution in [0.2, 0.25) is 0 Å². The van der Waals surface area contributed by atoms with Gasteiger partial charge in [-0.2, -0.15) is 0 Å². The summed E-state index contributed by atoms with van der Waals surface area (Å²) in [7, 11) is 0. The van der Waals surface area contributed by atoms with Crippen molar-refractivity contribution in [1.29, 1.82) is 0 Å². The molecule has 2 aromatic rings. The van der Waals surface area contributed by atoms with E-state index in [0.29, 0.717) is 17.9 Å². The Morgan fingerprint density at radius 3 is 2.48 bits per heavy atom. The SMILES string of the molecule is O=C(Cn1c(=O)cnc2ccccc21)NC1C2CC3CC(C2)CC1C3. The summed E-state index contributed by atoms with van der Waals surface area (Å²) in [5.41, 5.74) is 1.23. The minimum atomic E-state index is -0.223. The van der Waals surface area contributed by atoms with Crippen LogP contribution in [0.3, 0.4) is 0 Å². The maximum Gasteiger partial charge on any atom is 0.269 e. The van der Waals surface area contributed by atoms with Crippen LogP contribution >= 0.6 is 0 Å². The molecular formula is C20H23N3O2. The molecule has 0 spiro atoms. The van der Waals surface area contributed by atoms with E-state index in [4.69, 9.17) is 0 Å². The molecule has 1 amide bonds. The van der Waals surface area contributed by atoms with Crippen molar-refractivity contribution in [3.8, 4) is 0 Å². The molecule has 6 rings (SSSR count). The maximum atomic E-state index is 12.7. The van der Waals surface area contributed by atoms with Gasteiger partial charge in [0.2, 0.25) is 5.91 Å². The van der Waals surface area contributed by atoms with Gasteiger partial charge in [0.1, 0.15) is 6.54 Å². The second-order valence-corrected chi connectivity index (χ2v) is 8.20. The van der Waals surface area contributed by atoms with Gasteiger partial charge in [-0.05, 0) is 67.9 Å². The third kappa shape index (κ3) is 2.57. The lowest BCUT2D eigenvalue weighted by molar-refractivity contribution is -0.125. The quantitative estimate of drug-likeness (QED) is 0.935. The summed E-state index contributed by atoms with van der Waals surface area (Å²) in [6.45, 7) is 0.0741. The van der Waals surface area contributed by atoms with Crippen LogP contribution in [-0.4, -0.2) is 21.5 Å². The molecule has 130 valence electrons. The number of amides is 1. The molecule has 0 unspecified atom stereocenters. The van der Waals surface area contributed by atoms with E-state index in [1.807, 2.05) is 24.3 Å². The van der Waals surface area contributed by atoms with Gasteiger partial charge in [-0.15, -0.1) is 0 Å². The molecule has 0 saturated heterocycles. The van der Waals surface area contributed by atoms with Gasteiger partial charge in [-0.3, -0.25) is 14.2 Å². The van der Waals surface area contributed by atoms with Crippen LogP contribution < -0.4 is 10.9 Å². The van der Waals surface area contributed by atoms with Crippen LogP contribution in [-0.2, 0) is 11.3 Å². The topological polar surface area (TPSA) is 64.0 Å². The predicted octanol–water partition coefficient (Wildman–Crippen LogP) is 2.34. The van der Waals surface area contributed by atoms with E-state index >= 15 is 0 Å². The summed E-state index contributed by atoms with van der Waals surface area (Å²) >= 11 is 0. The highest BCUT2D eigenvalue weighted by molar-refractivity contribution is 5.80. The summed E-state index contributed by atoms with van der Waals surface area (Å²) in [4.78, 5) is 29.1. The number of rotatable bonds is 3. The molecule has 1 heterocycles. The molecule has 4 bridgehead atoms. The maximum absolute atomic E-state index is 12.7. The molecule has 1 aromatic heterocycles. The zero-order valence-corrected chi connectivity index (χ0v) is 14.2. The fourth-order valence-corrected chi connectivity index (χ4v) is 5.81. The molecule has 1 N–H and O–H groups in total. The van der Waals surface area contributed by atoms with Crippen molar-refractivity contribution in [3.05, 3.63) is 40.8 Å². The number of para-hydroxylation sites is 2. The molecule has 5 nitrogen and oxygen atoms in total. The van der Waals surface area contributed by atoms with Gasteiger partial charge >= 0.3 is 0 Å². The van der Waals surface area contributed by atoms with Gasteiger partial charge in [0.05, 0.1) is 17.2 Å². The van der Waals surface area contributed by atoms with E-state index in [1.54, 1.807) is 0 Å². The Labute approximate surface area is 146 Å². The summed E-state index contributed by atoms with van der Waals surface area (Å²) in [6.07, 6.45) is 7.81. The Morgan fingerprint density at radius 1 is 1.08 bits per heavy atom. The van der Waals surface area contributed by atoms with Crippen LogP contribution in [0, 0.1) is 23.7 Å². The Bertz CT molecular complexity index is 860. The fourth-order valence-electron chi connectivity index (χ4n) is 5.81. The van der Waals surface area contributed by atoms with Gasteiger partial charge in [0, 0.05) is 6.04 Å². The number of fused-ring (bicyclic) bond motifs is 1. The van der Waals surface area contributed by atoms with Crippen molar-refractivity contribution in [2.24, 2.45) is 23.7 Å². The predicted molar refractivity (Wildman–Crippen MR) is 95.0 cm³/mol. The highest BCUT2D eigenvalue weighted by Crippen LogP contribution is 2.53. The first kappa shape index (κ1) is 15.1. The molecule has 0 atom stereocenters. The van der Waals surface area contributed by atoms with Gasteiger partial charge in [-0.25, -0.2) is 4.98 Å². The first-order valence-corrected chi connectivity index (χ1v) is 9.41. The summed E-state index contributed by atoms with van der Waals surface area (Å²) < 4.78 is 1.54. The molecule has 0 radical (unpaired) electrons. The van der Waals surface area contributed by atoms with Crippen molar-refractivity contribution in [2.45, 2.75) is 44.7 Å². The minimum Gasteiger partial charge on any atom is -0.351 e. The third-order valence-electron chi connectivity index (χ3n) is 6.61. The lowest BCUT2D eigenvalue weighted by atomic mass is 9.54. The lowest BCUT2D eigenvalue weighted by Gasteiger charge is -2.54. The average molecular weight is 337 g/mol. The number of carbonyl (C=O) groups is 1. The van der Waals surface area contributed by atoms with Crippen LogP contribution in [0.15, 0.2) is 35.3 Å². The van der Waals surface area contributed by atoms with Gasteiger partial charge < -0.3 is 5.32 Å². The number of hydrogen-bond donors (Lipinski definition) is 1. The first-order valence-electron chi connectivity index (χ1n) is 9.41. The number of benzene rings is 1. The third-order valence-corrected chi connectivity index (χ3v) is 6.61. The van der Waals surface area contributed by atoms with Crippen molar-refractivity contribution in [3.63, 3.8) is 0 Å². The normalized spacial score (nSPS) is 32.9. The lowest BCUT2D eigenvalue weighted by Crippen LogP contribution is -2.56. The first-order chi connectivity index (χ1) is 12.2. The highest BCUT2D eigenvalue weighted by atomic mass is 16.2. The van der Waals surface area contributed by atoms with Gasteiger partial charge in [0.15, 0.2) is 0 Å². The Hall–Kier alpha value is -2.17. The van der Waals surface area contributed by atoms with Crippen molar-refractivity contribution >= 4 is 16.9 Å². The zero-order chi connectivity index (χ0) is 17.0. The highest BCUT2D eigenvalue weighted by Gasteiger charge is 2.48. The van der Waals surface area contributed by atoms with Crippen LogP contribution in [0.25, 0.3) is 11.0 Å². The van der Waals surface area contributed by atoms with Crippen LogP contribution in [0.4, 0.5) is 0 Å². The van der Waals surface area contributed by atoms with Crippen molar-refractivity contribution in [1.82, 2.24) is 14.9 Å². The number of nitrogens with one attached hydrogen (secondary N) is 1. The molecule has 25 heavy (non-hydrogen) atoms. The molecule has 4 aliphatic carbocycles. The minimum absolute atomic E-state index is 0.0454. The van der Waals surface area contributed by atoms with Crippen molar-refractivity contribution in [2.75, 3.05) is 0 Å². The second kappa shape index (κ2) is 5.68. The van der Waals surface area contributed by atoms with E-state index in [-0.39, 0.29) is 18.0 Å². The zero-order valence-electron chi connectivity index (χ0n) is 14.2. The Balaban J connectivity index is 1.36. The number of nitrogens with zero attached hydrogens (tertiary/aromatic N) is 2. The molecule has 4 saturated carbocycles.